The molecule has 6 heteroatoms. The first-order chi connectivity index (χ1) is 12.1. The van der Waals surface area contributed by atoms with Crippen LogP contribution in [0.15, 0.2) is 24.3 Å². The first-order valence-corrected chi connectivity index (χ1v) is 10.2. The van der Waals surface area contributed by atoms with E-state index in [0.717, 1.165) is 41.5 Å². The van der Waals surface area contributed by atoms with E-state index < -0.39 is 6.10 Å². The molecule has 0 saturated heterocycles. The predicted octanol–water partition coefficient (Wildman–Crippen LogP) is 3.34. The number of aliphatic hydroxyl groups is 1. The van der Waals surface area contributed by atoms with Gasteiger partial charge in [-0.2, -0.15) is 16.9 Å². The molecule has 2 N–H and O–H groups in total. The number of aromatic nitrogens is 4. The molecule has 25 heavy (non-hydrogen) atoms. The molecule has 0 spiro atoms. The van der Waals surface area contributed by atoms with Crippen LogP contribution in [-0.4, -0.2) is 43.0 Å². The van der Waals surface area contributed by atoms with Crippen molar-refractivity contribution in [3.63, 3.8) is 0 Å². The van der Waals surface area contributed by atoms with Crippen LogP contribution >= 0.6 is 11.8 Å². The fraction of sp³-hybridized carbons (Fsp3) is 0.474. The fourth-order valence-electron chi connectivity index (χ4n) is 3.05. The molecular weight excluding hydrogens is 332 g/mol. The molecule has 0 unspecified atom stereocenters. The molecule has 0 amide bonds. The third kappa shape index (κ3) is 4.07. The SMILES string of the molecule is CC[C@H](O)Cn1nc(CCSC)nc1Cc1c(C)[nH]c2ccccc12. The van der Waals surface area contributed by atoms with E-state index in [1.165, 1.54) is 10.9 Å². The second-order valence-corrected chi connectivity index (χ2v) is 7.37. The highest BCUT2D eigenvalue weighted by molar-refractivity contribution is 7.98. The van der Waals surface area contributed by atoms with Crippen LogP contribution in [0, 0.1) is 6.92 Å². The minimum atomic E-state index is -0.391. The van der Waals surface area contributed by atoms with Gasteiger partial charge < -0.3 is 10.1 Å². The van der Waals surface area contributed by atoms with Gasteiger partial charge in [0, 0.05) is 35.2 Å². The van der Waals surface area contributed by atoms with Gasteiger partial charge in [0.2, 0.25) is 0 Å². The van der Waals surface area contributed by atoms with E-state index in [9.17, 15) is 5.11 Å². The van der Waals surface area contributed by atoms with E-state index in [1.807, 2.05) is 17.7 Å². The Morgan fingerprint density at radius 2 is 2.12 bits per heavy atom. The number of aromatic amines is 1. The maximum atomic E-state index is 10.1. The zero-order chi connectivity index (χ0) is 17.8. The highest BCUT2D eigenvalue weighted by Crippen LogP contribution is 2.24. The Morgan fingerprint density at radius 3 is 2.88 bits per heavy atom. The van der Waals surface area contributed by atoms with E-state index >= 15 is 0 Å². The van der Waals surface area contributed by atoms with E-state index in [-0.39, 0.29) is 0 Å². The molecule has 2 heterocycles. The molecule has 1 aromatic carbocycles. The molecule has 0 bridgehead atoms. The molecule has 0 aliphatic heterocycles. The van der Waals surface area contributed by atoms with Crippen LogP contribution in [0.4, 0.5) is 0 Å². The van der Waals surface area contributed by atoms with Crippen LogP contribution < -0.4 is 0 Å². The summed E-state index contributed by atoms with van der Waals surface area (Å²) in [4.78, 5) is 8.22. The summed E-state index contributed by atoms with van der Waals surface area (Å²) < 4.78 is 1.89. The molecule has 3 aromatic rings. The van der Waals surface area contributed by atoms with Gasteiger partial charge in [0.15, 0.2) is 5.82 Å². The molecule has 0 fully saturated rings. The molecule has 3 rings (SSSR count). The minimum absolute atomic E-state index is 0.391. The molecular formula is C19H26N4OS. The molecule has 0 aliphatic rings. The lowest BCUT2D eigenvalue weighted by Gasteiger charge is -2.10. The molecule has 5 nitrogen and oxygen atoms in total. The third-order valence-corrected chi connectivity index (χ3v) is 5.15. The van der Waals surface area contributed by atoms with Crippen LogP contribution in [0.5, 0.6) is 0 Å². The number of aryl methyl sites for hydroxylation is 2. The first-order valence-electron chi connectivity index (χ1n) is 8.78. The van der Waals surface area contributed by atoms with Crippen LogP contribution in [0.1, 0.15) is 36.3 Å². The van der Waals surface area contributed by atoms with Gasteiger partial charge in [0.05, 0.1) is 12.6 Å². The number of aliphatic hydroxyl groups excluding tert-OH is 1. The number of nitrogens with one attached hydrogen (secondary N) is 1. The summed E-state index contributed by atoms with van der Waals surface area (Å²) in [5.74, 6) is 2.80. The van der Waals surface area contributed by atoms with Crippen molar-refractivity contribution >= 4 is 22.7 Å². The lowest BCUT2D eigenvalue weighted by molar-refractivity contribution is 0.144. The minimum Gasteiger partial charge on any atom is -0.391 e. The van der Waals surface area contributed by atoms with Crippen molar-refractivity contribution in [2.75, 3.05) is 12.0 Å². The van der Waals surface area contributed by atoms with Crippen molar-refractivity contribution in [2.24, 2.45) is 0 Å². The van der Waals surface area contributed by atoms with Crippen LogP contribution in [0.3, 0.4) is 0 Å². The number of para-hydroxylation sites is 1. The molecule has 0 saturated carbocycles. The van der Waals surface area contributed by atoms with Gasteiger partial charge in [0.1, 0.15) is 5.82 Å². The van der Waals surface area contributed by atoms with Crippen molar-refractivity contribution in [1.82, 2.24) is 19.7 Å². The van der Waals surface area contributed by atoms with E-state index in [2.05, 4.69) is 41.5 Å². The normalized spacial score (nSPS) is 12.8. The maximum Gasteiger partial charge on any atom is 0.151 e. The summed E-state index contributed by atoms with van der Waals surface area (Å²) in [5, 5.41) is 16.0. The lowest BCUT2D eigenvalue weighted by Crippen LogP contribution is -2.18. The van der Waals surface area contributed by atoms with Gasteiger partial charge in [-0.25, -0.2) is 9.67 Å². The number of fused-ring (bicyclic) bond motifs is 1. The third-order valence-electron chi connectivity index (χ3n) is 4.54. The van der Waals surface area contributed by atoms with Crippen LogP contribution in [0.25, 0.3) is 10.9 Å². The van der Waals surface area contributed by atoms with Crippen LogP contribution in [0.2, 0.25) is 0 Å². The second kappa shape index (κ2) is 8.06. The topological polar surface area (TPSA) is 66.7 Å². The highest BCUT2D eigenvalue weighted by Gasteiger charge is 2.16. The average Bonchev–Trinajstić information content (AvgIpc) is 3.14. The second-order valence-electron chi connectivity index (χ2n) is 6.38. The van der Waals surface area contributed by atoms with E-state index in [1.54, 1.807) is 11.8 Å². The van der Waals surface area contributed by atoms with Gasteiger partial charge in [-0.05, 0) is 31.2 Å². The highest BCUT2D eigenvalue weighted by atomic mass is 32.2. The van der Waals surface area contributed by atoms with Crippen LogP contribution in [-0.2, 0) is 19.4 Å². The van der Waals surface area contributed by atoms with E-state index in [0.29, 0.717) is 13.0 Å². The summed E-state index contributed by atoms with van der Waals surface area (Å²) in [6.45, 7) is 4.59. The zero-order valence-corrected chi connectivity index (χ0v) is 15.9. The Labute approximate surface area is 152 Å². The summed E-state index contributed by atoms with van der Waals surface area (Å²) >= 11 is 1.80. The molecule has 0 aliphatic carbocycles. The van der Waals surface area contributed by atoms with E-state index in [4.69, 9.17) is 4.98 Å². The molecule has 2 aromatic heterocycles. The standard InChI is InChI=1S/C19H26N4OS/c1-4-14(24)12-23-19(21-18(22-23)9-10-25-3)11-16-13(2)20-17-8-6-5-7-15(16)17/h5-8,14,20,24H,4,9-12H2,1-3H3/t14-/m0/s1. The molecule has 1 atom stereocenters. The number of thioether (sulfide) groups is 1. The van der Waals surface area contributed by atoms with Crippen molar-refractivity contribution in [3.8, 4) is 0 Å². The Bertz CT molecular complexity index is 839. The van der Waals surface area contributed by atoms with Crippen molar-refractivity contribution in [3.05, 3.63) is 47.2 Å². The quantitative estimate of drug-likeness (QED) is 0.648. The zero-order valence-electron chi connectivity index (χ0n) is 15.1. The van der Waals surface area contributed by atoms with Gasteiger partial charge in [-0.1, -0.05) is 25.1 Å². The summed E-state index contributed by atoms with van der Waals surface area (Å²) in [6, 6.07) is 8.35. The lowest BCUT2D eigenvalue weighted by atomic mass is 10.1. The largest absolute Gasteiger partial charge is 0.391 e. The summed E-state index contributed by atoms with van der Waals surface area (Å²) in [6.07, 6.45) is 3.99. The average molecular weight is 359 g/mol. The number of H-pyrrole nitrogens is 1. The first kappa shape index (κ1) is 18.0. The monoisotopic (exact) mass is 358 g/mol. The Hall–Kier alpha value is -1.79. The number of nitrogens with zero attached hydrogens (tertiary/aromatic N) is 3. The number of benzene rings is 1. The van der Waals surface area contributed by atoms with Gasteiger partial charge in [-0.15, -0.1) is 0 Å². The Kier molecular flexibility index (Phi) is 5.81. The van der Waals surface area contributed by atoms with Crippen molar-refractivity contribution in [1.29, 1.82) is 0 Å². The van der Waals surface area contributed by atoms with Gasteiger partial charge in [0.25, 0.3) is 0 Å². The van der Waals surface area contributed by atoms with Crippen molar-refractivity contribution in [2.45, 2.75) is 45.8 Å². The number of rotatable bonds is 8. The van der Waals surface area contributed by atoms with Gasteiger partial charge in [-0.3, -0.25) is 0 Å². The Balaban J connectivity index is 1.93. The predicted molar refractivity (Wildman–Crippen MR) is 104 cm³/mol. The maximum absolute atomic E-state index is 10.1. The molecule has 134 valence electrons. The number of hydrogen-bond donors (Lipinski definition) is 2. The number of hydrogen-bond acceptors (Lipinski definition) is 4. The summed E-state index contributed by atoms with van der Waals surface area (Å²) in [5.41, 5.74) is 3.57. The fourth-order valence-corrected chi connectivity index (χ4v) is 3.44. The summed E-state index contributed by atoms with van der Waals surface area (Å²) in [7, 11) is 0. The Morgan fingerprint density at radius 1 is 1.32 bits per heavy atom. The van der Waals surface area contributed by atoms with Gasteiger partial charge >= 0.3 is 0 Å². The smallest absolute Gasteiger partial charge is 0.151 e. The molecule has 0 radical (unpaired) electrons. The van der Waals surface area contributed by atoms with Crippen molar-refractivity contribution < 1.29 is 5.11 Å².